The van der Waals surface area contributed by atoms with Crippen molar-refractivity contribution in [2.45, 2.75) is 71.7 Å². The summed E-state index contributed by atoms with van der Waals surface area (Å²) in [5.41, 5.74) is 0. The number of hydrogen-bond acceptors (Lipinski definition) is 1. The molecule has 0 aromatic heterocycles. The first-order chi connectivity index (χ1) is 6.02. The average molecular weight is 202 g/mol. The van der Waals surface area contributed by atoms with Gasteiger partial charge in [0, 0.05) is 6.10 Å². The molecule has 0 spiro atoms. The SMILES string of the molecule is CCCC[Si](C)(C)OC(C)CCC. The van der Waals surface area contributed by atoms with Gasteiger partial charge in [-0.15, -0.1) is 0 Å². The largest absolute Gasteiger partial charge is 0.415 e. The predicted molar refractivity (Wildman–Crippen MR) is 62.7 cm³/mol. The Morgan fingerprint density at radius 1 is 1.15 bits per heavy atom. The first-order valence-corrected chi connectivity index (χ1v) is 8.81. The van der Waals surface area contributed by atoms with Crippen LogP contribution in [0.5, 0.6) is 0 Å². The monoisotopic (exact) mass is 202 g/mol. The lowest BCUT2D eigenvalue weighted by atomic mass is 10.2. The average Bonchev–Trinajstić information content (AvgIpc) is 2.00. The molecule has 0 aliphatic heterocycles. The molecule has 0 bridgehead atoms. The fourth-order valence-corrected chi connectivity index (χ4v) is 4.20. The molecule has 0 saturated heterocycles. The summed E-state index contributed by atoms with van der Waals surface area (Å²) in [6.45, 7) is 11.4. The molecule has 1 nitrogen and oxygen atoms in total. The third-order valence-electron chi connectivity index (χ3n) is 2.35. The Bertz CT molecular complexity index is 123. The van der Waals surface area contributed by atoms with Gasteiger partial charge in [-0.1, -0.05) is 33.1 Å². The van der Waals surface area contributed by atoms with E-state index in [0.29, 0.717) is 6.10 Å². The molecule has 0 saturated carbocycles. The van der Waals surface area contributed by atoms with Gasteiger partial charge in [0.05, 0.1) is 0 Å². The second-order valence-corrected chi connectivity index (χ2v) is 8.84. The quantitative estimate of drug-likeness (QED) is 0.562. The van der Waals surface area contributed by atoms with Crippen LogP contribution in [0.3, 0.4) is 0 Å². The zero-order valence-corrected chi connectivity index (χ0v) is 11.0. The van der Waals surface area contributed by atoms with Gasteiger partial charge in [0.15, 0.2) is 8.32 Å². The summed E-state index contributed by atoms with van der Waals surface area (Å²) in [6, 6.07) is 1.32. The Kier molecular flexibility index (Phi) is 6.69. The first-order valence-electron chi connectivity index (χ1n) is 5.69. The molecular formula is C11H26OSi. The van der Waals surface area contributed by atoms with Crippen LogP contribution in [-0.2, 0) is 4.43 Å². The molecule has 0 aliphatic carbocycles. The lowest BCUT2D eigenvalue weighted by Crippen LogP contribution is -2.34. The molecule has 0 radical (unpaired) electrons. The van der Waals surface area contributed by atoms with Crippen molar-refractivity contribution in [2.75, 3.05) is 0 Å². The molecule has 2 heteroatoms. The van der Waals surface area contributed by atoms with Crippen molar-refractivity contribution < 1.29 is 4.43 Å². The lowest BCUT2D eigenvalue weighted by molar-refractivity contribution is 0.199. The van der Waals surface area contributed by atoms with Crippen LogP contribution in [0.15, 0.2) is 0 Å². The van der Waals surface area contributed by atoms with E-state index in [9.17, 15) is 0 Å². The van der Waals surface area contributed by atoms with Crippen LogP contribution < -0.4 is 0 Å². The van der Waals surface area contributed by atoms with Crippen molar-refractivity contribution in [2.24, 2.45) is 0 Å². The normalized spacial score (nSPS) is 14.5. The van der Waals surface area contributed by atoms with E-state index in [1.165, 1.54) is 31.7 Å². The van der Waals surface area contributed by atoms with Crippen LogP contribution in [0.1, 0.15) is 46.5 Å². The van der Waals surface area contributed by atoms with Crippen LogP contribution in [-0.4, -0.2) is 14.4 Å². The standard InChI is InChI=1S/C11H26OSi/c1-6-8-10-13(4,5)12-11(3)9-7-2/h11H,6-10H2,1-5H3. The summed E-state index contributed by atoms with van der Waals surface area (Å²) in [4.78, 5) is 0. The van der Waals surface area contributed by atoms with Gasteiger partial charge in [0.1, 0.15) is 0 Å². The Morgan fingerprint density at radius 2 is 1.77 bits per heavy atom. The van der Waals surface area contributed by atoms with Crippen molar-refractivity contribution in [3.63, 3.8) is 0 Å². The van der Waals surface area contributed by atoms with Crippen LogP contribution in [0, 0.1) is 0 Å². The molecule has 0 N–H and O–H groups in total. The zero-order valence-electron chi connectivity index (χ0n) is 10.0. The number of hydrogen-bond donors (Lipinski definition) is 0. The van der Waals surface area contributed by atoms with Gasteiger partial charge in [-0.25, -0.2) is 0 Å². The molecule has 0 aromatic rings. The highest BCUT2D eigenvalue weighted by atomic mass is 28.4. The van der Waals surface area contributed by atoms with Crippen molar-refractivity contribution in [3.8, 4) is 0 Å². The fraction of sp³-hybridized carbons (Fsp3) is 1.00. The molecule has 80 valence electrons. The molecule has 0 rings (SSSR count). The minimum Gasteiger partial charge on any atom is -0.415 e. The summed E-state index contributed by atoms with van der Waals surface area (Å²) < 4.78 is 6.12. The summed E-state index contributed by atoms with van der Waals surface area (Å²) in [5.74, 6) is 0. The third-order valence-corrected chi connectivity index (χ3v) is 4.95. The van der Waals surface area contributed by atoms with Gasteiger partial charge in [-0.2, -0.15) is 0 Å². The maximum Gasteiger partial charge on any atom is 0.187 e. The van der Waals surface area contributed by atoms with Crippen molar-refractivity contribution in [1.82, 2.24) is 0 Å². The molecule has 1 unspecified atom stereocenters. The zero-order chi connectivity index (χ0) is 10.3. The third kappa shape index (κ3) is 7.26. The second kappa shape index (κ2) is 6.60. The van der Waals surface area contributed by atoms with E-state index in [4.69, 9.17) is 4.43 Å². The Labute approximate surface area is 85.0 Å². The first kappa shape index (κ1) is 13.2. The molecule has 1 atom stereocenters. The van der Waals surface area contributed by atoms with Gasteiger partial charge < -0.3 is 4.43 Å². The fourth-order valence-electron chi connectivity index (χ4n) is 1.67. The van der Waals surface area contributed by atoms with E-state index in [2.05, 4.69) is 33.9 Å². The van der Waals surface area contributed by atoms with Gasteiger partial charge in [-0.05, 0) is 32.5 Å². The van der Waals surface area contributed by atoms with Crippen molar-refractivity contribution in [1.29, 1.82) is 0 Å². The smallest absolute Gasteiger partial charge is 0.187 e. The van der Waals surface area contributed by atoms with Crippen LogP contribution in [0.2, 0.25) is 19.1 Å². The maximum absolute atomic E-state index is 6.12. The molecule has 0 aliphatic rings. The Hall–Kier alpha value is 0.177. The Morgan fingerprint density at radius 3 is 2.23 bits per heavy atom. The van der Waals surface area contributed by atoms with E-state index in [0.717, 1.165) is 0 Å². The summed E-state index contributed by atoms with van der Waals surface area (Å²) in [5, 5.41) is 0. The topological polar surface area (TPSA) is 9.23 Å². The van der Waals surface area contributed by atoms with Crippen LogP contribution >= 0.6 is 0 Å². The van der Waals surface area contributed by atoms with Gasteiger partial charge in [-0.3, -0.25) is 0 Å². The Balaban J connectivity index is 3.71. The molecule has 0 aromatic carbocycles. The maximum atomic E-state index is 6.12. The number of rotatable bonds is 7. The molecule has 13 heavy (non-hydrogen) atoms. The van der Waals surface area contributed by atoms with Crippen LogP contribution in [0.4, 0.5) is 0 Å². The molecule has 0 fully saturated rings. The molecule has 0 amide bonds. The highest BCUT2D eigenvalue weighted by Crippen LogP contribution is 2.18. The van der Waals surface area contributed by atoms with Crippen molar-refractivity contribution in [3.05, 3.63) is 0 Å². The minimum atomic E-state index is -1.32. The highest BCUT2D eigenvalue weighted by molar-refractivity contribution is 6.71. The summed E-state index contributed by atoms with van der Waals surface area (Å²) in [7, 11) is -1.32. The number of unbranched alkanes of at least 4 members (excludes halogenated alkanes) is 1. The molecule has 0 heterocycles. The van der Waals surface area contributed by atoms with Gasteiger partial charge >= 0.3 is 0 Å². The van der Waals surface area contributed by atoms with E-state index in [1.807, 2.05) is 0 Å². The summed E-state index contributed by atoms with van der Waals surface area (Å²) in [6.07, 6.45) is 5.55. The van der Waals surface area contributed by atoms with E-state index in [-0.39, 0.29) is 0 Å². The highest BCUT2D eigenvalue weighted by Gasteiger charge is 2.23. The molecular weight excluding hydrogens is 176 g/mol. The van der Waals surface area contributed by atoms with E-state index >= 15 is 0 Å². The van der Waals surface area contributed by atoms with E-state index in [1.54, 1.807) is 0 Å². The van der Waals surface area contributed by atoms with Gasteiger partial charge in [0.2, 0.25) is 0 Å². The van der Waals surface area contributed by atoms with E-state index < -0.39 is 8.32 Å². The second-order valence-electron chi connectivity index (χ2n) is 4.58. The van der Waals surface area contributed by atoms with Crippen LogP contribution in [0.25, 0.3) is 0 Å². The van der Waals surface area contributed by atoms with Gasteiger partial charge in [0.25, 0.3) is 0 Å². The minimum absolute atomic E-state index is 0.475. The predicted octanol–water partition coefficient (Wildman–Crippen LogP) is 4.20. The van der Waals surface area contributed by atoms with Crippen molar-refractivity contribution >= 4 is 8.32 Å². The summed E-state index contributed by atoms with van der Waals surface area (Å²) >= 11 is 0. The lowest BCUT2D eigenvalue weighted by Gasteiger charge is -2.27.